The van der Waals surface area contributed by atoms with Crippen LogP contribution in [0.2, 0.25) is 0 Å². The van der Waals surface area contributed by atoms with Gasteiger partial charge in [0.25, 0.3) is 5.09 Å². The molecule has 0 aliphatic carbocycles. The van der Waals surface area contributed by atoms with Crippen LogP contribution in [0.4, 0.5) is 0 Å². The molecule has 0 aliphatic heterocycles. The molecule has 0 unspecified atom stereocenters. The Morgan fingerprint density at radius 2 is 0.787 bits per heavy atom. The number of unbranched alkanes of at least 4 members (excludes halogenated alkanes) is 12. The highest BCUT2D eigenvalue weighted by molar-refractivity contribution is 5.70. The second-order valence-corrected chi connectivity index (χ2v) is 11.6. The van der Waals surface area contributed by atoms with Crippen molar-refractivity contribution in [2.45, 2.75) is 168 Å². The van der Waals surface area contributed by atoms with E-state index < -0.39 is 29.2 Å². The van der Waals surface area contributed by atoms with Crippen molar-refractivity contribution >= 4 is 23.9 Å². The Morgan fingerprint density at radius 1 is 0.511 bits per heavy atom. The third kappa shape index (κ3) is 35.7. The number of hydrogen-bond donors (Lipinski definition) is 1. The van der Waals surface area contributed by atoms with Gasteiger partial charge in [0.15, 0.2) is 6.10 Å². The third-order valence-corrected chi connectivity index (χ3v) is 6.91. The monoisotopic (exact) mass is 677 g/mol. The SMILES string of the molecule is CCCCCCC(=O)OCC(COC(=O)CCCCCC)O[N+](=O)[O-].CCCCCCC(=O)OCC(O)COC(=O)CCCCCC. The third-order valence-electron chi connectivity index (χ3n) is 6.91. The highest BCUT2D eigenvalue weighted by Gasteiger charge is 2.19. The van der Waals surface area contributed by atoms with Gasteiger partial charge in [-0.05, 0) is 25.7 Å². The lowest BCUT2D eigenvalue weighted by Crippen LogP contribution is -2.30. The predicted molar refractivity (Wildman–Crippen MR) is 177 cm³/mol. The zero-order chi connectivity index (χ0) is 35.5. The number of carbonyl (C=O) groups is 4. The maximum atomic E-state index is 11.6. The summed E-state index contributed by atoms with van der Waals surface area (Å²) in [5, 5.41) is 19.1. The zero-order valence-corrected chi connectivity index (χ0v) is 29.5. The van der Waals surface area contributed by atoms with Crippen molar-refractivity contribution in [2.24, 2.45) is 0 Å². The van der Waals surface area contributed by atoms with Crippen molar-refractivity contribution in [1.29, 1.82) is 0 Å². The first-order chi connectivity index (χ1) is 22.6. The van der Waals surface area contributed by atoms with Crippen molar-refractivity contribution in [3.8, 4) is 0 Å². The quantitative estimate of drug-likeness (QED) is 0.0272. The Morgan fingerprint density at radius 3 is 1.04 bits per heavy atom. The summed E-state index contributed by atoms with van der Waals surface area (Å²) in [6.07, 6.45) is 14.9. The number of ether oxygens (including phenoxy) is 4. The number of nitrogens with zero attached hydrogens (tertiary/aromatic N) is 1. The topological polar surface area (TPSA) is 178 Å². The van der Waals surface area contributed by atoms with Crippen LogP contribution in [0.25, 0.3) is 0 Å². The van der Waals surface area contributed by atoms with Crippen LogP contribution in [-0.2, 0) is 43.0 Å². The fraction of sp³-hybridized carbons (Fsp3) is 0.882. The van der Waals surface area contributed by atoms with E-state index in [4.69, 9.17) is 18.9 Å². The first kappa shape index (κ1) is 46.2. The minimum atomic E-state index is -1.10. The second-order valence-electron chi connectivity index (χ2n) is 11.6. The van der Waals surface area contributed by atoms with Gasteiger partial charge in [0.05, 0.1) is 0 Å². The van der Waals surface area contributed by atoms with Gasteiger partial charge in [0.2, 0.25) is 0 Å². The van der Waals surface area contributed by atoms with Gasteiger partial charge in [0, 0.05) is 25.7 Å². The van der Waals surface area contributed by atoms with Crippen LogP contribution >= 0.6 is 0 Å². The fourth-order valence-corrected chi connectivity index (χ4v) is 4.10. The number of esters is 4. The normalized spacial score (nSPS) is 10.6. The molecule has 0 saturated heterocycles. The molecule has 13 heteroatoms. The molecule has 0 aromatic rings. The molecule has 0 aliphatic rings. The highest BCUT2D eigenvalue weighted by atomic mass is 17.0. The van der Waals surface area contributed by atoms with E-state index in [2.05, 4.69) is 32.5 Å². The summed E-state index contributed by atoms with van der Waals surface area (Å²) in [6.45, 7) is 7.52. The summed E-state index contributed by atoms with van der Waals surface area (Å²) in [4.78, 5) is 60.9. The molecule has 276 valence electrons. The van der Waals surface area contributed by atoms with Gasteiger partial charge in [-0.3, -0.25) is 19.2 Å². The average molecular weight is 678 g/mol. The minimum absolute atomic E-state index is 0.115. The molecular formula is C34H63NO12. The Kier molecular flexibility index (Phi) is 33.8. The average Bonchev–Trinajstić information content (AvgIpc) is 3.04. The van der Waals surface area contributed by atoms with Crippen molar-refractivity contribution in [1.82, 2.24) is 0 Å². The molecule has 13 nitrogen and oxygen atoms in total. The van der Waals surface area contributed by atoms with E-state index in [9.17, 15) is 34.4 Å². The smallest absolute Gasteiger partial charge is 0.305 e. The van der Waals surface area contributed by atoms with E-state index in [1.165, 1.54) is 0 Å². The molecule has 0 aromatic carbocycles. The summed E-state index contributed by atoms with van der Waals surface area (Å²) >= 11 is 0. The van der Waals surface area contributed by atoms with Gasteiger partial charge < -0.3 is 28.9 Å². The molecule has 0 spiro atoms. The molecular weight excluding hydrogens is 614 g/mol. The number of aliphatic hydroxyl groups is 1. The molecule has 0 rings (SSSR count). The standard InChI is InChI=1S/C17H31NO7.C17H32O5/c1-3-5-7-9-11-16(19)23-13-15(25-18(21)22)14-24-17(20)12-10-8-6-4-2;1-3-5-7-9-11-16(19)21-13-15(18)14-22-17(20)12-10-8-6-4-2/h15H,3-14H2,1-2H3;15,18H,3-14H2,1-2H3. The highest BCUT2D eigenvalue weighted by Crippen LogP contribution is 2.08. The van der Waals surface area contributed by atoms with E-state index in [0.717, 1.165) is 103 Å². The lowest BCUT2D eigenvalue weighted by molar-refractivity contribution is -0.769. The fourth-order valence-electron chi connectivity index (χ4n) is 4.10. The molecule has 47 heavy (non-hydrogen) atoms. The lowest BCUT2D eigenvalue weighted by atomic mass is 10.1. The molecule has 0 aromatic heterocycles. The first-order valence-electron chi connectivity index (χ1n) is 17.7. The predicted octanol–water partition coefficient (Wildman–Crippen LogP) is 6.97. The Balaban J connectivity index is 0. The molecule has 0 heterocycles. The summed E-state index contributed by atoms with van der Waals surface area (Å²) in [7, 11) is 0. The van der Waals surface area contributed by atoms with Crippen molar-refractivity contribution < 1.29 is 53.2 Å². The van der Waals surface area contributed by atoms with E-state index >= 15 is 0 Å². The van der Waals surface area contributed by atoms with E-state index in [1.807, 2.05) is 0 Å². The molecule has 1 N–H and O–H groups in total. The first-order valence-corrected chi connectivity index (χ1v) is 17.7. The lowest BCUT2D eigenvalue weighted by Gasteiger charge is -2.15. The van der Waals surface area contributed by atoms with Gasteiger partial charge in [0.1, 0.15) is 32.5 Å². The van der Waals surface area contributed by atoms with E-state index in [-0.39, 0.29) is 51.2 Å². The van der Waals surface area contributed by atoms with Crippen LogP contribution in [-0.4, -0.2) is 72.7 Å². The second kappa shape index (κ2) is 34.4. The summed E-state index contributed by atoms with van der Waals surface area (Å²) < 4.78 is 19.8. The van der Waals surface area contributed by atoms with Gasteiger partial charge in [-0.15, -0.1) is 10.1 Å². The molecule has 0 radical (unpaired) electrons. The molecule has 0 bridgehead atoms. The van der Waals surface area contributed by atoms with Gasteiger partial charge in [-0.1, -0.05) is 105 Å². The molecule has 0 fully saturated rings. The molecule has 0 amide bonds. The van der Waals surface area contributed by atoms with Crippen LogP contribution in [0.1, 0.15) is 156 Å². The minimum Gasteiger partial charge on any atom is -0.463 e. The van der Waals surface area contributed by atoms with E-state index in [1.54, 1.807) is 0 Å². The Labute approximate surface area is 281 Å². The van der Waals surface area contributed by atoms with Crippen LogP contribution in [0.15, 0.2) is 0 Å². The van der Waals surface area contributed by atoms with Crippen LogP contribution in [0.3, 0.4) is 0 Å². The number of rotatable bonds is 30. The molecule has 0 atom stereocenters. The zero-order valence-electron chi connectivity index (χ0n) is 29.5. The van der Waals surface area contributed by atoms with Crippen LogP contribution in [0.5, 0.6) is 0 Å². The van der Waals surface area contributed by atoms with Gasteiger partial charge in [-0.2, -0.15) is 0 Å². The molecule has 0 saturated carbocycles. The summed E-state index contributed by atoms with van der Waals surface area (Å²) in [5.74, 6) is -1.47. The number of hydrogen-bond acceptors (Lipinski definition) is 12. The van der Waals surface area contributed by atoms with Gasteiger partial charge in [-0.25, -0.2) is 0 Å². The maximum Gasteiger partial charge on any atom is 0.305 e. The van der Waals surface area contributed by atoms with Crippen molar-refractivity contribution in [3.63, 3.8) is 0 Å². The van der Waals surface area contributed by atoms with Crippen LogP contribution < -0.4 is 0 Å². The van der Waals surface area contributed by atoms with E-state index in [0.29, 0.717) is 12.8 Å². The summed E-state index contributed by atoms with van der Waals surface area (Å²) in [5.41, 5.74) is 0. The Bertz CT molecular complexity index is 752. The Hall–Kier alpha value is -2.96. The largest absolute Gasteiger partial charge is 0.463 e. The van der Waals surface area contributed by atoms with Crippen LogP contribution in [0, 0.1) is 10.1 Å². The number of aliphatic hydroxyl groups excluding tert-OH is 1. The maximum absolute atomic E-state index is 11.6. The van der Waals surface area contributed by atoms with Crippen molar-refractivity contribution in [3.05, 3.63) is 10.1 Å². The van der Waals surface area contributed by atoms with Crippen molar-refractivity contribution in [2.75, 3.05) is 26.4 Å². The summed E-state index contributed by atoms with van der Waals surface area (Å²) in [6, 6.07) is 0. The number of carbonyl (C=O) groups excluding carboxylic acids is 4. The van der Waals surface area contributed by atoms with Gasteiger partial charge >= 0.3 is 23.9 Å².